The van der Waals surface area contributed by atoms with Gasteiger partial charge in [0.15, 0.2) is 11.6 Å². The number of carbonyl (C=O) groups is 3. The van der Waals surface area contributed by atoms with Crippen LogP contribution in [0.5, 0.6) is 0 Å². The molecule has 146 valence electrons. The molecule has 7 nitrogen and oxygen atoms in total. The quantitative estimate of drug-likeness (QED) is 0.676. The number of carbonyl (C=O) groups excluding carboxylic acids is 3. The number of halogens is 2. The van der Waals surface area contributed by atoms with Gasteiger partial charge < -0.3 is 15.5 Å². The van der Waals surface area contributed by atoms with Crippen molar-refractivity contribution in [3.63, 3.8) is 0 Å². The Morgan fingerprint density at radius 1 is 1.30 bits per heavy atom. The van der Waals surface area contributed by atoms with Crippen LogP contribution in [0.25, 0.3) is 0 Å². The molecule has 3 rings (SSSR count). The molecular weight excluding hydrogens is 358 g/mol. The normalized spacial score (nSPS) is 24.7. The van der Waals surface area contributed by atoms with Crippen LogP contribution in [0.1, 0.15) is 31.7 Å². The Hall–Kier alpha value is -2.55. The minimum atomic E-state index is -1.11. The number of nitrogens with zero attached hydrogens (tertiary/aromatic N) is 1. The molecule has 0 radical (unpaired) electrons. The van der Waals surface area contributed by atoms with E-state index in [0.29, 0.717) is 25.1 Å². The maximum absolute atomic E-state index is 13.6. The zero-order valence-corrected chi connectivity index (χ0v) is 15.1. The van der Waals surface area contributed by atoms with E-state index in [9.17, 15) is 23.2 Å². The van der Waals surface area contributed by atoms with E-state index >= 15 is 0 Å². The fourth-order valence-electron chi connectivity index (χ4n) is 3.51. The van der Waals surface area contributed by atoms with Crippen molar-refractivity contribution < 1.29 is 23.2 Å². The molecule has 2 fully saturated rings. The van der Waals surface area contributed by atoms with Crippen LogP contribution in [0.2, 0.25) is 0 Å². The van der Waals surface area contributed by atoms with Crippen LogP contribution in [0, 0.1) is 11.6 Å². The van der Waals surface area contributed by atoms with Crippen molar-refractivity contribution in [3.05, 3.63) is 35.4 Å². The van der Waals surface area contributed by atoms with Crippen LogP contribution in [-0.4, -0.2) is 54.0 Å². The van der Waals surface area contributed by atoms with Crippen LogP contribution in [0.3, 0.4) is 0 Å². The maximum Gasteiger partial charge on any atom is 0.325 e. The smallest absolute Gasteiger partial charge is 0.325 e. The molecule has 2 heterocycles. The summed E-state index contributed by atoms with van der Waals surface area (Å²) >= 11 is 0. The predicted octanol–water partition coefficient (Wildman–Crippen LogP) is 0.857. The van der Waals surface area contributed by atoms with Crippen molar-refractivity contribution in [3.8, 4) is 0 Å². The predicted molar refractivity (Wildman–Crippen MR) is 92.8 cm³/mol. The van der Waals surface area contributed by atoms with E-state index in [2.05, 4.69) is 16.0 Å². The van der Waals surface area contributed by atoms with Gasteiger partial charge in [-0.15, -0.1) is 0 Å². The van der Waals surface area contributed by atoms with E-state index in [0.717, 1.165) is 12.1 Å². The second-order valence-corrected chi connectivity index (χ2v) is 7.35. The number of imide groups is 1. The van der Waals surface area contributed by atoms with Crippen molar-refractivity contribution in [1.82, 2.24) is 20.9 Å². The fraction of sp³-hybridized carbons (Fsp3) is 0.500. The van der Waals surface area contributed by atoms with E-state index in [1.807, 2.05) is 0 Å². The maximum atomic E-state index is 13.6. The molecular formula is C18H22F2N4O3. The van der Waals surface area contributed by atoms with E-state index in [1.54, 1.807) is 13.8 Å². The molecule has 0 bridgehead atoms. The van der Waals surface area contributed by atoms with Gasteiger partial charge in [0.1, 0.15) is 12.1 Å². The molecule has 0 saturated carbocycles. The van der Waals surface area contributed by atoms with Gasteiger partial charge in [0.25, 0.3) is 5.91 Å². The molecule has 2 aliphatic rings. The molecule has 2 atom stereocenters. The van der Waals surface area contributed by atoms with Crippen molar-refractivity contribution in [2.24, 2.45) is 0 Å². The number of hydrogen-bond donors (Lipinski definition) is 3. The molecule has 3 N–H and O–H groups in total. The van der Waals surface area contributed by atoms with E-state index < -0.39 is 35.0 Å². The number of piperidine rings is 1. The summed E-state index contributed by atoms with van der Waals surface area (Å²) in [7, 11) is 0. The summed E-state index contributed by atoms with van der Waals surface area (Å²) in [6, 6.07) is 2.79. The number of hydrogen-bond acceptors (Lipinski definition) is 4. The molecule has 27 heavy (non-hydrogen) atoms. The Morgan fingerprint density at radius 2 is 2.04 bits per heavy atom. The second-order valence-electron chi connectivity index (χ2n) is 7.35. The number of nitrogens with one attached hydrogen (secondary N) is 3. The van der Waals surface area contributed by atoms with Gasteiger partial charge in [0.05, 0.1) is 0 Å². The number of amides is 4. The van der Waals surface area contributed by atoms with Gasteiger partial charge in [-0.1, -0.05) is 6.07 Å². The first-order valence-electron chi connectivity index (χ1n) is 8.78. The lowest BCUT2D eigenvalue weighted by atomic mass is 9.86. The second kappa shape index (κ2) is 7.22. The van der Waals surface area contributed by atoms with Crippen LogP contribution >= 0.6 is 0 Å². The molecule has 0 aliphatic carbocycles. The zero-order valence-electron chi connectivity index (χ0n) is 15.1. The van der Waals surface area contributed by atoms with Gasteiger partial charge >= 0.3 is 6.03 Å². The summed E-state index contributed by atoms with van der Waals surface area (Å²) in [6.45, 7) is 4.00. The average molecular weight is 380 g/mol. The molecule has 2 saturated heterocycles. The molecule has 1 aromatic rings. The topological polar surface area (TPSA) is 90.5 Å². The monoisotopic (exact) mass is 380 g/mol. The summed E-state index contributed by atoms with van der Waals surface area (Å²) in [5.74, 6) is -2.91. The third-order valence-corrected chi connectivity index (χ3v) is 5.20. The number of urea groups is 1. The highest BCUT2D eigenvalue weighted by Gasteiger charge is 2.46. The Labute approximate surface area is 155 Å². The number of rotatable bonds is 4. The first-order valence-corrected chi connectivity index (χ1v) is 8.78. The van der Waals surface area contributed by atoms with Gasteiger partial charge in [0.2, 0.25) is 5.91 Å². The molecule has 0 spiro atoms. The minimum absolute atomic E-state index is 0.188. The lowest BCUT2D eigenvalue weighted by molar-refractivity contribution is -0.127. The number of benzene rings is 1. The van der Waals surface area contributed by atoms with Crippen molar-refractivity contribution in [2.45, 2.75) is 37.8 Å². The first-order chi connectivity index (χ1) is 12.7. The Morgan fingerprint density at radius 3 is 2.67 bits per heavy atom. The van der Waals surface area contributed by atoms with Crippen molar-refractivity contribution >= 4 is 17.8 Å². The van der Waals surface area contributed by atoms with E-state index in [4.69, 9.17) is 0 Å². The van der Waals surface area contributed by atoms with E-state index in [-0.39, 0.29) is 18.5 Å². The first kappa shape index (κ1) is 19.2. The average Bonchev–Trinajstić information content (AvgIpc) is 2.80. The van der Waals surface area contributed by atoms with Crippen molar-refractivity contribution in [2.75, 3.05) is 19.6 Å². The minimum Gasteiger partial charge on any atom is -0.350 e. The molecule has 9 heteroatoms. The fourth-order valence-corrected chi connectivity index (χ4v) is 3.51. The largest absolute Gasteiger partial charge is 0.350 e. The Balaban J connectivity index is 1.70. The van der Waals surface area contributed by atoms with Crippen LogP contribution in [-0.2, 0) is 9.59 Å². The van der Waals surface area contributed by atoms with Crippen LogP contribution < -0.4 is 16.0 Å². The molecule has 2 unspecified atom stereocenters. The van der Waals surface area contributed by atoms with Crippen molar-refractivity contribution in [1.29, 1.82) is 0 Å². The Bertz CT molecular complexity index is 784. The van der Waals surface area contributed by atoms with Gasteiger partial charge in [-0.25, -0.2) is 13.6 Å². The van der Waals surface area contributed by atoms with Gasteiger partial charge in [-0.3, -0.25) is 14.9 Å². The van der Waals surface area contributed by atoms with Crippen LogP contribution in [0.15, 0.2) is 18.2 Å². The lowest BCUT2D eigenvalue weighted by Crippen LogP contribution is -2.54. The summed E-state index contributed by atoms with van der Waals surface area (Å²) in [5.41, 5.74) is -0.506. The van der Waals surface area contributed by atoms with Crippen LogP contribution in [0.4, 0.5) is 13.6 Å². The van der Waals surface area contributed by atoms with E-state index in [1.165, 1.54) is 11.0 Å². The third-order valence-electron chi connectivity index (χ3n) is 5.20. The Kier molecular flexibility index (Phi) is 5.14. The molecule has 0 aromatic heterocycles. The summed E-state index contributed by atoms with van der Waals surface area (Å²) in [4.78, 5) is 37.4. The highest BCUT2D eigenvalue weighted by Crippen LogP contribution is 2.27. The summed E-state index contributed by atoms with van der Waals surface area (Å²) < 4.78 is 26.8. The van der Waals surface area contributed by atoms with Gasteiger partial charge in [0, 0.05) is 18.5 Å². The zero-order chi connectivity index (χ0) is 19.8. The third kappa shape index (κ3) is 3.78. The summed E-state index contributed by atoms with van der Waals surface area (Å²) in [5, 5.41) is 8.20. The molecule has 4 amide bonds. The highest BCUT2D eigenvalue weighted by atomic mass is 19.2. The van der Waals surface area contributed by atoms with Gasteiger partial charge in [-0.2, -0.15) is 0 Å². The SMILES string of the molecule is CC1(C)C(=O)NC(=O)N1CC(=O)NC1CNCCC1c1ccc(F)c(F)c1. The molecule has 1 aromatic carbocycles. The van der Waals surface area contributed by atoms with Gasteiger partial charge in [-0.05, 0) is 44.5 Å². The summed E-state index contributed by atoms with van der Waals surface area (Å²) in [6.07, 6.45) is 0.643. The molecule has 2 aliphatic heterocycles. The standard InChI is InChI=1S/C18H22F2N4O3/c1-18(2)16(26)23-17(27)24(18)9-15(25)22-14-8-21-6-5-11(14)10-3-4-12(19)13(20)7-10/h3-4,7,11,14,21H,5-6,8-9H2,1-2H3,(H,22,25)(H,23,26,27). The lowest BCUT2D eigenvalue weighted by Gasteiger charge is -2.34. The highest BCUT2D eigenvalue weighted by molar-refractivity contribution is 6.07.